The van der Waals surface area contributed by atoms with Gasteiger partial charge in [-0.3, -0.25) is 0 Å². The van der Waals surface area contributed by atoms with Crippen LogP contribution in [-0.2, 0) is 0 Å². The van der Waals surface area contributed by atoms with Gasteiger partial charge in [-0.1, -0.05) is 5.21 Å². The lowest BCUT2D eigenvalue weighted by Gasteiger charge is -2.01. The van der Waals surface area contributed by atoms with Crippen molar-refractivity contribution in [3.63, 3.8) is 0 Å². The van der Waals surface area contributed by atoms with E-state index in [2.05, 4.69) is 15.3 Å². The summed E-state index contributed by atoms with van der Waals surface area (Å²) in [6, 6.07) is 5.14. The Morgan fingerprint density at radius 2 is 2.28 bits per heavy atom. The Morgan fingerprint density at radius 1 is 1.44 bits per heavy atom. The van der Waals surface area contributed by atoms with Crippen LogP contribution in [0, 0.1) is 6.92 Å². The van der Waals surface area contributed by atoms with Crippen molar-refractivity contribution in [1.29, 1.82) is 0 Å². The Balaban J connectivity index is 2.18. The molecule has 0 atom stereocenters. The average Bonchev–Trinajstić information content (AvgIpc) is 2.91. The summed E-state index contributed by atoms with van der Waals surface area (Å²) in [5, 5.41) is 16.3. The van der Waals surface area contributed by atoms with Crippen LogP contribution < -0.4 is 0 Å². The molecule has 0 aliphatic rings. The lowest BCUT2D eigenvalue weighted by Crippen LogP contribution is -2.07. The smallest absolute Gasteiger partial charge is 0.356 e. The number of carboxylic acid groups (broad SMARTS) is 1. The zero-order chi connectivity index (χ0) is 12.7. The van der Waals surface area contributed by atoms with Crippen LogP contribution in [-0.4, -0.2) is 31.1 Å². The molecule has 0 saturated heterocycles. The summed E-state index contributed by atoms with van der Waals surface area (Å²) in [7, 11) is 0. The second-order valence-corrected chi connectivity index (χ2v) is 3.72. The molecule has 2 aromatic heterocycles. The van der Waals surface area contributed by atoms with E-state index in [-0.39, 0.29) is 5.69 Å². The van der Waals surface area contributed by atoms with Crippen LogP contribution in [0.1, 0.15) is 16.4 Å². The summed E-state index contributed by atoms with van der Waals surface area (Å²) >= 11 is 0. The molecule has 7 nitrogen and oxygen atoms in total. The van der Waals surface area contributed by atoms with Crippen molar-refractivity contribution in [1.82, 2.24) is 20.0 Å². The number of nitrogens with zero attached hydrogens (tertiary/aromatic N) is 4. The van der Waals surface area contributed by atoms with Gasteiger partial charge in [0.25, 0.3) is 0 Å². The molecule has 0 aliphatic carbocycles. The Bertz CT molecular complexity index is 744. The monoisotopic (exact) mass is 244 g/mol. The van der Waals surface area contributed by atoms with Crippen molar-refractivity contribution in [3.8, 4) is 5.69 Å². The number of aromatic carboxylic acids is 1. The van der Waals surface area contributed by atoms with E-state index in [1.54, 1.807) is 25.1 Å². The van der Waals surface area contributed by atoms with Crippen LogP contribution in [0.15, 0.2) is 28.8 Å². The Kier molecular flexibility index (Phi) is 2.12. The van der Waals surface area contributed by atoms with E-state index in [9.17, 15) is 4.79 Å². The predicted octanol–water partition coefficient (Wildman–Crippen LogP) is 1.42. The molecule has 0 radical (unpaired) electrons. The summed E-state index contributed by atoms with van der Waals surface area (Å²) in [5.41, 5.74) is 1.85. The number of aromatic nitrogens is 4. The Labute approximate surface area is 101 Å². The van der Waals surface area contributed by atoms with Crippen molar-refractivity contribution < 1.29 is 14.3 Å². The van der Waals surface area contributed by atoms with Crippen LogP contribution in [0.5, 0.6) is 0 Å². The molecule has 2 heterocycles. The predicted molar refractivity (Wildman–Crippen MR) is 60.6 cm³/mol. The molecule has 0 fully saturated rings. The van der Waals surface area contributed by atoms with E-state index in [4.69, 9.17) is 9.52 Å². The number of aryl methyl sites for hydroxylation is 1. The van der Waals surface area contributed by atoms with Crippen molar-refractivity contribution in [3.05, 3.63) is 36.0 Å². The molecular weight excluding hydrogens is 236 g/mol. The Morgan fingerprint density at radius 3 is 3.06 bits per heavy atom. The van der Waals surface area contributed by atoms with E-state index < -0.39 is 5.97 Å². The quantitative estimate of drug-likeness (QED) is 0.732. The van der Waals surface area contributed by atoms with E-state index >= 15 is 0 Å². The maximum atomic E-state index is 11.0. The third-order valence-corrected chi connectivity index (χ3v) is 2.49. The fourth-order valence-electron chi connectivity index (χ4n) is 1.73. The highest BCUT2D eigenvalue weighted by molar-refractivity contribution is 5.86. The molecule has 0 saturated carbocycles. The minimum absolute atomic E-state index is 0.00872. The van der Waals surface area contributed by atoms with E-state index in [0.717, 1.165) is 0 Å². The number of oxazole rings is 1. The second kappa shape index (κ2) is 3.66. The molecule has 0 aliphatic heterocycles. The van der Waals surface area contributed by atoms with Gasteiger partial charge in [-0.25, -0.2) is 14.5 Å². The molecular formula is C11H8N4O3. The molecule has 0 unspecified atom stereocenters. The highest BCUT2D eigenvalue weighted by Crippen LogP contribution is 2.19. The average molecular weight is 244 g/mol. The zero-order valence-corrected chi connectivity index (χ0v) is 9.36. The van der Waals surface area contributed by atoms with Gasteiger partial charge < -0.3 is 9.52 Å². The first-order chi connectivity index (χ1) is 8.65. The van der Waals surface area contributed by atoms with Gasteiger partial charge >= 0.3 is 5.97 Å². The molecule has 1 N–H and O–H groups in total. The van der Waals surface area contributed by atoms with Crippen LogP contribution in [0.4, 0.5) is 0 Å². The summed E-state index contributed by atoms with van der Waals surface area (Å²) in [4.78, 5) is 15.2. The summed E-state index contributed by atoms with van der Waals surface area (Å²) < 4.78 is 6.62. The fraction of sp³-hybridized carbons (Fsp3) is 0.0909. The molecule has 3 aromatic rings. The summed E-state index contributed by atoms with van der Waals surface area (Å²) in [5.74, 6) is -0.534. The first-order valence-electron chi connectivity index (χ1n) is 5.17. The lowest BCUT2D eigenvalue weighted by molar-refractivity contribution is 0.0687. The highest BCUT2D eigenvalue weighted by atomic mass is 16.4. The van der Waals surface area contributed by atoms with Gasteiger partial charge in [-0.05, 0) is 12.1 Å². The molecule has 18 heavy (non-hydrogen) atoms. The third-order valence-electron chi connectivity index (χ3n) is 2.49. The lowest BCUT2D eigenvalue weighted by atomic mass is 10.3. The Hall–Kier alpha value is -2.70. The van der Waals surface area contributed by atoms with Crippen LogP contribution in [0.25, 0.3) is 16.8 Å². The zero-order valence-electron chi connectivity index (χ0n) is 9.36. The molecule has 90 valence electrons. The van der Waals surface area contributed by atoms with Crippen molar-refractivity contribution in [2.45, 2.75) is 6.92 Å². The molecule has 3 rings (SSSR count). The van der Waals surface area contributed by atoms with Gasteiger partial charge in [0.1, 0.15) is 5.52 Å². The first-order valence-corrected chi connectivity index (χ1v) is 5.17. The second-order valence-electron chi connectivity index (χ2n) is 3.72. The van der Waals surface area contributed by atoms with E-state index in [0.29, 0.717) is 22.7 Å². The number of fused-ring (bicyclic) bond motifs is 1. The van der Waals surface area contributed by atoms with Crippen LogP contribution in [0.3, 0.4) is 0 Å². The van der Waals surface area contributed by atoms with Gasteiger partial charge in [-0.15, -0.1) is 5.10 Å². The SMILES string of the molecule is Cc1nc2ccc(-n3nncc3C(=O)O)cc2o1. The summed E-state index contributed by atoms with van der Waals surface area (Å²) in [6.07, 6.45) is 1.19. The largest absolute Gasteiger partial charge is 0.476 e. The fourth-order valence-corrected chi connectivity index (χ4v) is 1.73. The standard InChI is InChI=1S/C11H8N4O3/c1-6-13-8-3-2-7(4-10(8)18-6)15-9(11(16)17)5-12-14-15/h2-5H,1H3,(H,16,17). The first kappa shape index (κ1) is 10.5. The van der Waals surface area contributed by atoms with Crippen LogP contribution >= 0.6 is 0 Å². The molecule has 7 heteroatoms. The van der Waals surface area contributed by atoms with E-state index in [1.165, 1.54) is 10.9 Å². The van der Waals surface area contributed by atoms with Gasteiger partial charge in [0.15, 0.2) is 17.2 Å². The van der Waals surface area contributed by atoms with Gasteiger partial charge in [0, 0.05) is 13.0 Å². The number of benzene rings is 1. The minimum Gasteiger partial charge on any atom is -0.476 e. The number of hydrogen-bond acceptors (Lipinski definition) is 5. The molecule has 1 aromatic carbocycles. The highest BCUT2D eigenvalue weighted by Gasteiger charge is 2.14. The molecule has 0 amide bonds. The number of carbonyl (C=O) groups is 1. The van der Waals surface area contributed by atoms with Crippen LogP contribution in [0.2, 0.25) is 0 Å². The summed E-state index contributed by atoms with van der Waals surface area (Å²) in [6.45, 7) is 1.75. The van der Waals surface area contributed by atoms with Gasteiger partial charge in [0.2, 0.25) is 0 Å². The topological polar surface area (TPSA) is 94.0 Å². The maximum Gasteiger partial charge on any atom is 0.356 e. The van der Waals surface area contributed by atoms with E-state index in [1.807, 2.05) is 0 Å². The normalized spacial score (nSPS) is 10.9. The van der Waals surface area contributed by atoms with Gasteiger partial charge in [0.05, 0.1) is 11.9 Å². The number of hydrogen-bond donors (Lipinski definition) is 1. The van der Waals surface area contributed by atoms with Crippen molar-refractivity contribution >= 4 is 17.1 Å². The van der Waals surface area contributed by atoms with Crippen molar-refractivity contribution in [2.24, 2.45) is 0 Å². The third kappa shape index (κ3) is 1.53. The molecule has 0 bridgehead atoms. The van der Waals surface area contributed by atoms with Gasteiger partial charge in [-0.2, -0.15) is 0 Å². The van der Waals surface area contributed by atoms with Crippen molar-refractivity contribution in [2.75, 3.05) is 0 Å². The maximum absolute atomic E-state index is 11.0. The number of rotatable bonds is 2. The number of carboxylic acids is 1. The minimum atomic E-state index is -1.09. The molecule has 0 spiro atoms.